The van der Waals surface area contributed by atoms with Crippen molar-refractivity contribution in [1.29, 1.82) is 0 Å². The molecule has 2 aromatic rings. The molecule has 0 amide bonds. The molecule has 29 heavy (non-hydrogen) atoms. The van der Waals surface area contributed by atoms with Gasteiger partial charge >= 0.3 is 0 Å². The molecule has 0 saturated carbocycles. The maximum atomic E-state index is 14.3. The fourth-order valence-corrected chi connectivity index (χ4v) is 3.60. The SMILES string of the molecule is CCc1nncn1CCNC(=NC)NC1CCCN(c2cc(C)ccc2F)C1.I. The summed E-state index contributed by atoms with van der Waals surface area (Å²) in [6.07, 6.45) is 4.67. The lowest BCUT2D eigenvalue weighted by atomic mass is 10.0. The minimum absolute atomic E-state index is 0. The van der Waals surface area contributed by atoms with E-state index < -0.39 is 0 Å². The highest BCUT2D eigenvalue weighted by atomic mass is 127. The van der Waals surface area contributed by atoms with Crippen LogP contribution in [0.25, 0.3) is 0 Å². The van der Waals surface area contributed by atoms with Crippen molar-refractivity contribution < 1.29 is 4.39 Å². The average Bonchev–Trinajstić information content (AvgIpc) is 3.16. The third kappa shape index (κ3) is 6.28. The normalized spacial score (nSPS) is 17.0. The average molecular weight is 515 g/mol. The largest absolute Gasteiger partial charge is 0.367 e. The Hall–Kier alpha value is -1.91. The molecule has 1 aromatic carbocycles. The number of nitrogens with zero attached hydrogens (tertiary/aromatic N) is 5. The number of halogens is 2. The maximum absolute atomic E-state index is 14.3. The quantitative estimate of drug-likeness (QED) is 0.352. The third-order valence-electron chi connectivity index (χ3n) is 5.09. The van der Waals surface area contributed by atoms with Crippen molar-refractivity contribution in [1.82, 2.24) is 25.4 Å². The summed E-state index contributed by atoms with van der Waals surface area (Å²) < 4.78 is 16.3. The van der Waals surface area contributed by atoms with Crippen LogP contribution in [0.1, 0.15) is 31.2 Å². The highest BCUT2D eigenvalue weighted by molar-refractivity contribution is 14.0. The van der Waals surface area contributed by atoms with Gasteiger partial charge in [0.15, 0.2) is 5.96 Å². The first-order chi connectivity index (χ1) is 13.6. The van der Waals surface area contributed by atoms with E-state index in [1.54, 1.807) is 19.4 Å². The van der Waals surface area contributed by atoms with Crippen LogP contribution in [-0.2, 0) is 13.0 Å². The van der Waals surface area contributed by atoms with E-state index >= 15 is 0 Å². The van der Waals surface area contributed by atoms with Gasteiger partial charge in [-0.25, -0.2) is 4.39 Å². The van der Waals surface area contributed by atoms with Crippen LogP contribution >= 0.6 is 24.0 Å². The van der Waals surface area contributed by atoms with Crippen molar-refractivity contribution in [2.45, 2.75) is 45.7 Å². The van der Waals surface area contributed by atoms with E-state index in [1.807, 2.05) is 23.6 Å². The molecule has 0 bridgehead atoms. The molecule has 1 aliphatic rings. The van der Waals surface area contributed by atoms with Crippen LogP contribution in [0.2, 0.25) is 0 Å². The van der Waals surface area contributed by atoms with Crippen LogP contribution in [0.3, 0.4) is 0 Å². The van der Waals surface area contributed by atoms with Crippen molar-refractivity contribution in [3.8, 4) is 0 Å². The predicted octanol–water partition coefficient (Wildman–Crippen LogP) is 2.74. The second kappa shape index (κ2) is 11.3. The summed E-state index contributed by atoms with van der Waals surface area (Å²) in [6, 6.07) is 5.51. The van der Waals surface area contributed by atoms with Crippen molar-refractivity contribution in [3.05, 3.63) is 41.7 Å². The van der Waals surface area contributed by atoms with Gasteiger partial charge < -0.3 is 20.1 Å². The maximum Gasteiger partial charge on any atom is 0.191 e. The van der Waals surface area contributed by atoms with Crippen LogP contribution in [0.5, 0.6) is 0 Å². The lowest BCUT2D eigenvalue weighted by molar-refractivity contribution is 0.462. The molecule has 7 nitrogen and oxygen atoms in total. The minimum atomic E-state index is -0.158. The van der Waals surface area contributed by atoms with Gasteiger partial charge in [0.05, 0.1) is 5.69 Å². The van der Waals surface area contributed by atoms with Crippen molar-refractivity contribution in [3.63, 3.8) is 0 Å². The molecule has 1 aromatic heterocycles. The van der Waals surface area contributed by atoms with E-state index in [9.17, 15) is 4.39 Å². The molecule has 2 N–H and O–H groups in total. The third-order valence-corrected chi connectivity index (χ3v) is 5.09. The number of benzene rings is 1. The summed E-state index contributed by atoms with van der Waals surface area (Å²) in [5.74, 6) is 1.59. The Kier molecular flexibility index (Phi) is 9.12. The van der Waals surface area contributed by atoms with E-state index in [2.05, 4.69) is 37.6 Å². The van der Waals surface area contributed by atoms with Gasteiger partial charge in [0, 0.05) is 45.7 Å². The van der Waals surface area contributed by atoms with Crippen LogP contribution in [-0.4, -0.2) is 53.4 Å². The van der Waals surface area contributed by atoms with Gasteiger partial charge in [0.1, 0.15) is 18.0 Å². The van der Waals surface area contributed by atoms with Crippen LogP contribution in [0.4, 0.5) is 10.1 Å². The van der Waals surface area contributed by atoms with E-state index in [-0.39, 0.29) is 35.8 Å². The number of aryl methyl sites for hydroxylation is 2. The van der Waals surface area contributed by atoms with Gasteiger partial charge in [-0.1, -0.05) is 13.0 Å². The summed E-state index contributed by atoms with van der Waals surface area (Å²) in [5, 5.41) is 14.9. The van der Waals surface area contributed by atoms with Crippen molar-refractivity contribution in [2.75, 3.05) is 31.6 Å². The molecular formula is C20H31FIN7. The first kappa shape index (κ1) is 23.4. The Morgan fingerprint density at radius 2 is 2.21 bits per heavy atom. The van der Waals surface area contributed by atoms with Gasteiger partial charge in [-0.2, -0.15) is 0 Å². The summed E-state index contributed by atoms with van der Waals surface area (Å²) in [4.78, 5) is 6.46. The van der Waals surface area contributed by atoms with E-state index in [0.29, 0.717) is 5.69 Å². The number of anilines is 1. The number of guanidine groups is 1. The molecule has 2 heterocycles. The van der Waals surface area contributed by atoms with Gasteiger partial charge in [-0.3, -0.25) is 4.99 Å². The summed E-state index contributed by atoms with van der Waals surface area (Å²) in [5.41, 5.74) is 1.76. The number of aliphatic imine (C=N–C) groups is 1. The zero-order chi connectivity index (χ0) is 19.9. The van der Waals surface area contributed by atoms with Gasteiger partial charge in [-0.05, 0) is 37.5 Å². The van der Waals surface area contributed by atoms with E-state index in [0.717, 1.165) is 62.8 Å². The van der Waals surface area contributed by atoms with Gasteiger partial charge in [0.25, 0.3) is 0 Å². The zero-order valence-corrected chi connectivity index (χ0v) is 19.7. The predicted molar refractivity (Wildman–Crippen MR) is 126 cm³/mol. The first-order valence-corrected chi connectivity index (χ1v) is 9.95. The lowest BCUT2D eigenvalue weighted by Crippen LogP contribution is -2.51. The Bertz CT molecular complexity index is 808. The lowest BCUT2D eigenvalue weighted by Gasteiger charge is -2.35. The number of aromatic nitrogens is 3. The Morgan fingerprint density at radius 1 is 1.38 bits per heavy atom. The summed E-state index contributed by atoms with van der Waals surface area (Å²) in [7, 11) is 1.77. The molecule has 0 radical (unpaired) electrons. The Balaban J connectivity index is 0.00000300. The monoisotopic (exact) mass is 515 g/mol. The van der Waals surface area contributed by atoms with Gasteiger partial charge in [-0.15, -0.1) is 34.2 Å². The van der Waals surface area contributed by atoms with Crippen LogP contribution < -0.4 is 15.5 Å². The molecule has 1 aliphatic heterocycles. The molecular weight excluding hydrogens is 484 g/mol. The standard InChI is InChI=1S/C20H30FN7.HI/c1-4-19-26-24-14-28(19)11-9-23-20(22-3)25-16-6-5-10-27(13-16)18-12-15(2)7-8-17(18)21;/h7-8,12,14,16H,4-6,9-11,13H2,1-3H3,(H2,22,23,25);1H. The second-order valence-corrected chi connectivity index (χ2v) is 7.18. The molecule has 3 rings (SSSR count). The molecule has 9 heteroatoms. The molecule has 1 saturated heterocycles. The number of nitrogens with one attached hydrogen (secondary N) is 2. The number of hydrogen-bond acceptors (Lipinski definition) is 4. The molecule has 1 unspecified atom stereocenters. The molecule has 0 spiro atoms. The number of rotatable bonds is 6. The van der Waals surface area contributed by atoms with Crippen LogP contribution in [0, 0.1) is 12.7 Å². The van der Waals surface area contributed by atoms with Gasteiger partial charge in [0.2, 0.25) is 0 Å². The number of piperidine rings is 1. The zero-order valence-electron chi connectivity index (χ0n) is 17.4. The number of hydrogen-bond donors (Lipinski definition) is 2. The molecule has 1 atom stereocenters. The highest BCUT2D eigenvalue weighted by Gasteiger charge is 2.22. The molecule has 1 fully saturated rings. The smallest absolute Gasteiger partial charge is 0.191 e. The second-order valence-electron chi connectivity index (χ2n) is 7.18. The summed E-state index contributed by atoms with van der Waals surface area (Å²) in [6.45, 7) is 7.20. The minimum Gasteiger partial charge on any atom is -0.367 e. The summed E-state index contributed by atoms with van der Waals surface area (Å²) >= 11 is 0. The fraction of sp³-hybridized carbons (Fsp3) is 0.550. The van der Waals surface area contributed by atoms with E-state index in [1.165, 1.54) is 0 Å². The fourth-order valence-electron chi connectivity index (χ4n) is 3.60. The Morgan fingerprint density at radius 3 is 2.97 bits per heavy atom. The Labute approximate surface area is 189 Å². The highest BCUT2D eigenvalue weighted by Crippen LogP contribution is 2.24. The van der Waals surface area contributed by atoms with Crippen LogP contribution in [0.15, 0.2) is 29.5 Å². The topological polar surface area (TPSA) is 70.4 Å². The van der Waals surface area contributed by atoms with Crippen molar-refractivity contribution >= 4 is 35.6 Å². The first-order valence-electron chi connectivity index (χ1n) is 9.95. The molecule has 0 aliphatic carbocycles. The van der Waals surface area contributed by atoms with Crippen molar-refractivity contribution in [2.24, 2.45) is 4.99 Å². The molecule has 160 valence electrons. The van der Waals surface area contributed by atoms with E-state index in [4.69, 9.17) is 0 Å².